The molecule has 29 heavy (non-hydrogen) atoms. The molecule has 0 radical (unpaired) electrons. The van der Waals surface area contributed by atoms with E-state index in [0.29, 0.717) is 28.7 Å². The zero-order valence-corrected chi connectivity index (χ0v) is 17.5. The highest BCUT2D eigenvalue weighted by Crippen LogP contribution is 2.24. The molecule has 154 valence electrons. The number of rotatable bonds is 5. The summed E-state index contributed by atoms with van der Waals surface area (Å²) < 4.78 is 0. The van der Waals surface area contributed by atoms with Crippen molar-refractivity contribution in [2.24, 2.45) is 0 Å². The monoisotopic (exact) mass is 436 g/mol. The van der Waals surface area contributed by atoms with E-state index in [0.717, 1.165) is 0 Å². The Bertz CT molecular complexity index is 948. The molecule has 8 nitrogen and oxygen atoms in total. The number of hydrogen-bond acceptors (Lipinski definition) is 6. The number of phenolic OH excluding ortho intramolecular Hbond substituents is 1. The first-order chi connectivity index (χ1) is 13.7. The van der Waals surface area contributed by atoms with Crippen LogP contribution < -0.4 is 10.6 Å². The van der Waals surface area contributed by atoms with Crippen LogP contribution in [0.5, 0.6) is 5.75 Å². The summed E-state index contributed by atoms with van der Waals surface area (Å²) in [7, 11) is 0. The van der Waals surface area contributed by atoms with Gasteiger partial charge in [-0.15, -0.1) is 11.3 Å². The molecule has 1 saturated heterocycles. The van der Waals surface area contributed by atoms with Crippen LogP contribution in [0.1, 0.15) is 36.3 Å². The van der Waals surface area contributed by atoms with Gasteiger partial charge in [0, 0.05) is 41.5 Å². The van der Waals surface area contributed by atoms with Crippen LogP contribution in [0, 0.1) is 0 Å². The Kier molecular flexibility index (Phi) is 6.39. The fourth-order valence-electron chi connectivity index (χ4n) is 3.29. The van der Waals surface area contributed by atoms with Crippen molar-refractivity contribution in [2.45, 2.75) is 38.8 Å². The molecule has 1 aromatic carbocycles. The minimum atomic E-state index is -0.254. The maximum atomic E-state index is 12.8. The maximum Gasteiger partial charge on any atom is 0.273 e. The van der Waals surface area contributed by atoms with E-state index < -0.39 is 0 Å². The predicted octanol–water partition coefficient (Wildman–Crippen LogP) is 2.42. The smallest absolute Gasteiger partial charge is 0.273 e. The number of aromatic nitrogens is 1. The van der Waals surface area contributed by atoms with Crippen LogP contribution in [0.4, 0.5) is 5.13 Å². The van der Waals surface area contributed by atoms with Crippen molar-refractivity contribution in [3.05, 3.63) is 39.9 Å². The number of halogens is 1. The van der Waals surface area contributed by atoms with E-state index >= 15 is 0 Å². The van der Waals surface area contributed by atoms with E-state index in [2.05, 4.69) is 15.6 Å². The van der Waals surface area contributed by atoms with Crippen molar-refractivity contribution in [3.63, 3.8) is 0 Å². The fourth-order valence-corrected chi connectivity index (χ4v) is 4.22. The number of thiazole rings is 1. The first-order valence-corrected chi connectivity index (χ1v) is 10.3. The highest BCUT2D eigenvalue weighted by molar-refractivity contribution is 7.14. The van der Waals surface area contributed by atoms with Crippen molar-refractivity contribution in [1.29, 1.82) is 0 Å². The van der Waals surface area contributed by atoms with Gasteiger partial charge in [0.1, 0.15) is 11.4 Å². The molecule has 3 N–H and O–H groups in total. The van der Waals surface area contributed by atoms with Crippen molar-refractivity contribution in [1.82, 2.24) is 15.2 Å². The highest BCUT2D eigenvalue weighted by atomic mass is 35.5. The Labute approximate surface area is 176 Å². The number of phenols is 1. The first-order valence-electron chi connectivity index (χ1n) is 9.03. The van der Waals surface area contributed by atoms with Crippen LogP contribution in [0.25, 0.3) is 0 Å². The lowest BCUT2D eigenvalue weighted by atomic mass is 10.1. The average Bonchev–Trinajstić information content (AvgIpc) is 3.23. The third kappa shape index (κ3) is 5.24. The number of carbonyl (C=O) groups is 3. The third-order valence-corrected chi connectivity index (χ3v) is 5.59. The first kappa shape index (κ1) is 21.1. The molecule has 0 spiro atoms. The number of hydrogen-bond donors (Lipinski definition) is 3. The van der Waals surface area contributed by atoms with Gasteiger partial charge in [-0.1, -0.05) is 11.6 Å². The van der Waals surface area contributed by atoms with E-state index in [1.807, 2.05) is 6.92 Å². The molecule has 0 saturated carbocycles. The fraction of sp³-hybridized carbons (Fsp3) is 0.368. The lowest BCUT2D eigenvalue weighted by molar-refractivity contribution is -0.121. The van der Waals surface area contributed by atoms with Crippen LogP contribution in [0.2, 0.25) is 5.02 Å². The number of benzene rings is 1. The number of nitrogens with one attached hydrogen (secondary N) is 2. The van der Waals surface area contributed by atoms with Crippen molar-refractivity contribution >= 4 is 45.8 Å². The molecular weight excluding hydrogens is 416 g/mol. The zero-order valence-electron chi connectivity index (χ0n) is 15.9. The standard InChI is InChI=1S/C19H21ClN4O4S/c1-10-5-14(22-17(27)7-12-6-13(20)3-4-16(12)26)8-24(10)18(28)15-9-29-19(23-15)21-11(2)25/h3-4,6,9-10,14,26H,5,7-8H2,1-2H3,(H,22,27)(H,21,23,25). The SMILES string of the molecule is CC(=O)Nc1nc(C(=O)N2CC(NC(=O)Cc3cc(Cl)ccc3O)CC2C)cs1. The quantitative estimate of drug-likeness (QED) is 0.666. The Balaban J connectivity index is 1.59. The summed E-state index contributed by atoms with van der Waals surface area (Å²) in [6.45, 7) is 3.65. The Morgan fingerprint density at radius 1 is 1.38 bits per heavy atom. The number of carbonyl (C=O) groups excluding carboxylic acids is 3. The van der Waals surface area contributed by atoms with E-state index in [1.54, 1.807) is 22.4 Å². The molecule has 2 unspecified atom stereocenters. The van der Waals surface area contributed by atoms with Gasteiger partial charge in [0.15, 0.2) is 5.13 Å². The van der Waals surface area contributed by atoms with Crippen LogP contribution in [0.3, 0.4) is 0 Å². The molecule has 0 bridgehead atoms. The second-order valence-electron chi connectivity index (χ2n) is 6.98. The molecule has 2 atom stereocenters. The van der Waals surface area contributed by atoms with Crippen molar-refractivity contribution in [2.75, 3.05) is 11.9 Å². The van der Waals surface area contributed by atoms with Gasteiger partial charge in [0.25, 0.3) is 5.91 Å². The van der Waals surface area contributed by atoms with Gasteiger partial charge in [-0.3, -0.25) is 14.4 Å². The Morgan fingerprint density at radius 3 is 2.86 bits per heavy atom. The molecule has 1 aliphatic rings. The maximum absolute atomic E-state index is 12.8. The van der Waals surface area contributed by atoms with Gasteiger partial charge in [-0.25, -0.2) is 4.98 Å². The van der Waals surface area contributed by atoms with Gasteiger partial charge in [-0.05, 0) is 31.5 Å². The lowest BCUT2D eigenvalue weighted by Gasteiger charge is -2.20. The zero-order chi connectivity index (χ0) is 21.1. The van der Waals surface area contributed by atoms with Crippen molar-refractivity contribution < 1.29 is 19.5 Å². The summed E-state index contributed by atoms with van der Waals surface area (Å²) in [6.07, 6.45) is 0.610. The largest absolute Gasteiger partial charge is 0.508 e. The van der Waals surface area contributed by atoms with E-state index in [-0.39, 0.29) is 47.7 Å². The van der Waals surface area contributed by atoms with Crippen molar-refractivity contribution in [3.8, 4) is 5.75 Å². The van der Waals surface area contributed by atoms with Gasteiger partial charge in [-0.2, -0.15) is 0 Å². The Morgan fingerprint density at radius 2 is 2.14 bits per heavy atom. The minimum absolute atomic E-state index is 0.00260. The summed E-state index contributed by atoms with van der Waals surface area (Å²) in [5.41, 5.74) is 0.711. The lowest BCUT2D eigenvalue weighted by Crippen LogP contribution is -2.39. The highest BCUT2D eigenvalue weighted by Gasteiger charge is 2.34. The summed E-state index contributed by atoms with van der Waals surface area (Å²) in [5, 5.41) is 17.8. The minimum Gasteiger partial charge on any atom is -0.508 e. The van der Waals surface area contributed by atoms with Gasteiger partial charge >= 0.3 is 0 Å². The number of likely N-dealkylation sites (tertiary alicyclic amines) is 1. The summed E-state index contributed by atoms with van der Waals surface area (Å²) in [5.74, 6) is -0.730. The molecular formula is C19H21ClN4O4S. The second kappa shape index (κ2) is 8.79. The summed E-state index contributed by atoms with van der Waals surface area (Å²) in [4.78, 5) is 42.1. The summed E-state index contributed by atoms with van der Waals surface area (Å²) >= 11 is 7.10. The van der Waals surface area contributed by atoms with E-state index in [9.17, 15) is 19.5 Å². The van der Waals surface area contributed by atoms with Gasteiger partial charge in [0.05, 0.1) is 6.42 Å². The number of nitrogens with zero attached hydrogens (tertiary/aromatic N) is 2. The summed E-state index contributed by atoms with van der Waals surface area (Å²) in [6, 6.07) is 4.29. The van der Waals surface area contributed by atoms with Gasteiger partial charge < -0.3 is 20.6 Å². The van der Waals surface area contributed by atoms with E-state index in [4.69, 9.17) is 11.6 Å². The molecule has 3 amide bonds. The molecule has 1 aromatic heterocycles. The molecule has 1 fully saturated rings. The Hall–Kier alpha value is -2.65. The predicted molar refractivity (Wildman–Crippen MR) is 110 cm³/mol. The normalized spacial score (nSPS) is 18.5. The third-order valence-electron chi connectivity index (χ3n) is 4.60. The van der Waals surface area contributed by atoms with E-state index in [1.165, 1.54) is 24.3 Å². The number of amides is 3. The molecule has 2 heterocycles. The average molecular weight is 437 g/mol. The topological polar surface area (TPSA) is 112 Å². The molecule has 10 heteroatoms. The second-order valence-corrected chi connectivity index (χ2v) is 8.27. The molecule has 3 rings (SSSR count). The number of anilines is 1. The number of aromatic hydroxyl groups is 1. The molecule has 2 aromatic rings. The van der Waals surface area contributed by atoms with Gasteiger partial charge in [0.2, 0.25) is 11.8 Å². The molecule has 0 aliphatic carbocycles. The van der Waals surface area contributed by atoms with Crippen LogP contribution >= 0.6 is 22.9 Å². The van der Waals surface area contributed by atoms with Crippen LogP contribution in [-0.4, -0.2) is 51.3 Å². The van der Waals surface area contributed by atoms with Crippen LogP contribution in [-0.2, 0) is 16.0 Å². The van der Waals surface area contributed by atoms with Crippen LogP contribution in [0.15, 0.2) is 23.6 Å². The molecule has 1 aliphatic heterocycles.